The zero-order valence-corrected chi connectivity index (χ0v) is 6.78. The third-order valence-corrected chi connectivity index (χ3v) is 1.56. The molecule has 0 aromatic heterocycles. The van der Waals surface area contributed by atoms with Crippen molar-refractivity contribution in [1.29, 1.82) is 0 Å². The summed E-state index contributed by atoms with van der Waals surface area (Å²) in [5.74, 6) is 0. The van der Waals surface area contributed by atoms with Gasteiger partial charge in [0.25, 0.3) is 0 Å². The molecule has 9 heavy (non-hydrogen) atoms. The van der Waals surface area contributed by atoms with E-state index < -0.39 is 0 Å². The molecule has 0 bridgehead atoms. The monoisotopic (exact) mass is 123 g/mol. The lowest BCUT2D eigenvalue weighted by Crippen LogP contribution is -1.81. The molecule has 0 saturated heterocycles. The summed E-state index contributed by atoms with van der Waals surface area (Å²) in [6.45, 7) is 8.29. The van der Waals surface area contributed by atoms with Gasteiger partial charge in [-0.1, -0.05) is 18.6 Å². The van der Waals surface area contributed by atoms with Crippen LogP contribution in [0.5, 0.6) is 0 Å². The molecule has 51 valence electrons. The normalized spacial score (nSPS) is 14.2. The predicted octanol–water partition coefficient (Wildman–Crippen LogP) is 3.11. The quantitative estimate of drug-likeness (QED) is 0.495. The van der Waals surface area contributed by atoms with Crippen LogP contribution < -0.4 is 0 Å². The third kappa shape index (κ3) is 2.50. The van der Waals surface area contributed by atoms with Gasteiger partial charge in [0.2, 0.25) is 0 Å². The van der Waals surface area contributed by atoms with Gasteiger partial charge in [-0.25, -0.2) is 0 Å². The second-order valence-electron chi connectivity index (χ2n) is 2.05. The molecule has 0 nitrogen and oxygen atoms in total. The molecule has 0 heteroatoms. The maximum Gasteiger partial charge on any atom is -0.0302 e. The molecular weight excluding hydrogens is 108 g/mol. The minimum atomic E-state index is 1.09. The highest BCUT2D eigenvalue weighted by Crippen LogP contribution is 2.10. The van der Waals surface area contributed by atoms with E-state index in [0.29, 0.717) is 0 Å². The summed E-state index contributed by atoms with van der Waals surface area (Å²) in [6, 6.07) is 0. The first-order chi connectivity index (χ1) is 4.26. The van der Waals surface area contributed by atoms with Crippen molar-refractivity contribution in [2.24, 2.45) is 0 Å². The van der Waals surface area contributed by atoms with Crippen LogP contribution in [-0.2, 0) is 0 Å². The van der Waals surface area contributed by atoms with Crippen LogP contribution in [0.1, 0.15) is 34.1 Å². The Morgan fingerprint density at radius 3 is 2.22 bits per heavy atom. The van der Waals surface area contributed by atoms with Gasteiger partial charge in [-0.05, 0) is 38.8 Å². The fraction of sp³-hybridized carbons (Fsp3) is 0.556. The zero-order chi connectivity index (χ0) is 7.28. The highest BCUT2D eigenvalue weighted by molar-refractivity contribution is 5.25. The second kappa shape index (κ2) is 4.37. The Morgan fingerprint density at radius 2 is 2.11 bits per heavy atom. The van der Waals surface area contributed by atoms with E-state index >= 15 is 0 Å². The van der Waals surface area contributed by atoms with Crippen LogP contribution in [0.2, 0.25) is 0 Å². The Hall–Kier alpha value is -0.520. The molecule has 0 fully saturated rings. The van der Waals surface area contributed by atoms with E-state index in [9.17, 15) is 0 Å². The highest BCUT2D eigenvalue weighted by Gasteiger charge is 1.91. The molecule has 0 aliphatic carbocycles. The summed E-state index contributed by atoms with van der Waals surface area (Å²) in [5, 5.41) is 0. The molecule has 0 amide bonds. The average Bonchev–Trinajstić information content (AvgIpc) is 1.90. The molecular formula is C9H15. The summed E-state index contributed by atoms with van der Waals surface area (Å²) in [5.41, 5.74) is 2.68. The minimum Gasteiger partial charge on any atom is -0.0844 e. The molecule has 0 aliphatic heterocycles. The molecule has 0 spiro atoms. The van der Waals surface area contributed by atoms with Crippen LogP contribution >= 0.6 is 0 Å². The lowest BCUT2D eigenvalue weighted by molar-refractivity contribution is 1.08. The molecule has 0 atom stereocenters. The molecule has 0 N–H and O–H groups in total. The first-order valence-electron chi connectivity index (χ1n) is 3.43. The summed E-state index contributed by atoms with van der Waals surface area (Å²) in [6.07, 6.45) is 6.36. The van der Waals surface area contributed by atoms with Gasteiger partial charge < -0.3 is 0 Å². The predicted molar refractivity (Wildman–Crippen MR) is 42.2 cm³/mol. The van der Waals surface area contributed by atoms with Crippen LogP contribution in [0.4, 0.5) is 0 Å². The number of rotatable bonds is 2. The maximum atomic E-state index is 3.15. The first-order valence-corrected chi connectivity index (χ1v) is 3.43. The van der Waals surface area contributed by atoms with Crippen molar-refractivity contribution in [3.05, 3.63) is 23.3 Å². The van der Waals surface area contributed by atoms with Crippen molar-refractivity contribution in [2.45, 2.75) is 34.1 Å². The number of allylic oxidation sites excluding steroid dienone is 4. The zero-order valence-electron chi connectivity index (χ0n) is 6.78. The fourth-order valence-corrected chi connectivity index (χ4v) is 0.827. The smallest absolute Gasteiger partial charge is 0.0302 e. The second-order valence-corrected chi connectivity index (χ2v) is 2.05. The molecule has 0 rings (SSSR count). The molecule has 0 unspecified atom stereocenters. The van der Waals surface area contributed by atoms with Gasteiger partial charge in [-0.15, -0.1) is 0 Å². The Labute approximate surface area is 58.3 Å². The topological polar surface area (TPSA) is 0 Å². The Balaban J connectivity index is 4.14. The maximum absolute atomic E-state index is 3.15. The van der Waals surface area contributed by atoms with E-state index in [0.717, 1.165) is 6.42 Å². The standard InChI is InChI=1S/C9H15/c1-5-8(4)9(6-2)7-3/h5H,6H2,1-4H3. The van der Waals surface area contributed by atoms with Crippen LogP contribution in [0, 0.1) is 6.08 Å². The summed E-state index contributed by atoms with van der Waals surface area (Å²) in [4.78, 5) is 0. The van der Waals surface area contributed by atoms with Crippen LogP contribution in [0.25, 0.3) is 0 Å². The van der Waals surface area contributed by atoms with E-state index in [2.05, 4.69) is 32.9 Å². The van der Waals surface area contributed by atoms with Gasteiger partial charge in [-0.3, -0.25) is 0 Å². The third-order valence-electron chi connectivity index (χ3n) is 1.56. The summed E-state index contributed by atoms with van der Waals surface area (Å²) in [7, 11) is 0. The fourth-order valence-electron chi connectivity index (χ4n) is 0.827. The van der Waals surface area contributed by atoms with Crippen molar-refractivity contribution in [2.75, 3.05) is 0 Å². The lowest BCUT2D eigenvalue weighted by Gasteiger charge is -2.00. The van der Waals surface area contributed by atoms with Crippen LogP contribution in [0.3, 0.4) is 0 Å². The van der Waals surface area contributed by atoms with E-state index in [1.807, 2.05) is 6.92 Å². The van der Waals surface area contributed by atoms with Gasteiger partial charge in [-0.2, -0.15) is 0 Å². The molecule has 1 radical (unpaired) electrons. The lowest BCUT2D eigenvalue weighted by atomic mass is 10.1. The van der Waals surface area contributed by atoms with Crippen molar-refractivity contribution in [3.8, 4) is 0 Å². The summed E-state index contributed by atoms with van der Waals surface area (Å²) >= 11 is 0. The summed E-state index contributed by atoms with van der Waals surface area (Å²) < 4.78 is 0. The number of hydrogen-bond donors (Lipinski definition) is 0. The van der Waals surface area contributed by atoms with E-state index in [-0.39, 0.29) is 0 Å². The van der Waals surface area contributed by atoms with E-state index in [1.165, 1.54) is 11.1 Å². The minimum absolute atomic E-state index is 1.09. The van der Waals surface area contributed by atoms with Crippen molar-refractivity contribution >= 4 is 0 Å². The van der Waals surface area contributed by atoms with E-state index in [1.54, 1.807) is 0 Å². The molecule has 0 saturated carbocycles. The van der Waals surface area contributed by atoms with Crippen LogP contribution in [-0.4, -0.2) is 0 Å². The SMILES string of the molecule is C/[C]=C(\CC)C(C)=CC. The Morgan fingerprint density at radius 1 is 1.56 bits per heavy atom. The average molecular weight is 123 g/mol. The van der Waals surface area contributed by atoms with Gasteiger partial charge >= 0.3 is 0 Å². The van der Waals surface area contributed by atoms with Gasteiger partial charge in [0.05, 0.1) is 0 Å². The number of hydrogen-bond acceptors (Lipinski definition) is 0. The van der Waals surface area contributed by atoms with E-state index in [4.69, 9.17) is 0 Å². The first kappa shape index (κ1) is 8.48. The van der Waals surface area contributed by atoms with Crippen LogP contribution in [0.15, 0.2) is 17.2 Å². The van der Waals surface area contributed by atoms with Gasteiger partial charge in [0, 0.05) is 0 Å². The van der Waals surface area contributed by atoms with Crippen molar-refractivity contribution < 1.29 is 0 Å². The Bertz CT molecular complexity index is 127. The molecule has 0 aliphatic rings. The molecule has 0 aromatic carbocycles. The van der Waals surface area contributed by atoms with Gasteiger partial charge in [0.15, 0.2) is 0 Å². The molecule has 0 heterocycles. The van der Waals surface area contributed by atoms with Gasteiger partial charge in [0.1, 0.15) is 0 Å². The highest BCUT2D eigenvalue weighted by atomic mass is 14.0. The van der Waals surface area contributed by atoms with Crippen molar-refractivity contribution in [1.82, 2.24) is 0 Å². The Kier molecular flexibility index (Phi) is 4.12. The largest absolute Gasteiger partial charge is 0.0844 e. The van der Waals surface area contributed by atoms with Crippen molar-refractivity contribution in [3.63, 3.8) is 0 Å². The molecule has 0 aromatic rings.